The van der Waals surface area contributed by atoms with Gasteiger partial charge in [-0.15, -0.1) is 0 Å². The first-order chi connectivity index (χ1) is 10.4. The zero-order chi connectivity index (χ0) is 15.7. The third kappa shape index (κ3) is 2.95. The second-order valence-electron chi connectivity index (χ2n) is 4.93. The van der Waals surface area contributed by atoms with Crippen molar-refractivity contribution in [1.29, 1.82) is 0 Å². The fourth-order valence-electron chi connectivity index (χ4n) is 2.30. The van der Waals surface area contributed by atoms with Gasteiger partial charge in [0.1, 0.15) is 5.25 Å². The monoisotopic (exact) mass is 337 g/mol. The highest BCUT2D eigenvalue weighted by atomic mass is 35.7. The summed E-state index contributed by atoms with van der Waals surface area (Å²) in [6, 6.07) is 9.50. The van der Waals surface area contributed by atoms with Gasteiger partial charge in [-0.1, -0.05) is 30.3 Å². The van der Waals surface area contributed by atoms with Gasteiger partial charge in [0.2, 0.25) is 15.0 Å². The van der Waals surface area contributed by atoms with Crippen LogP contribution >= 0.6 is 10.7 Å². The predicted octanol–water partition coefficient (Wildman–Crippen LogP) is 1.82. The molecule has 1 fully saturated rings. The highest BCUT2D eigenvalue weighted by Gasteiger charge is 2.38. The summed E-state index contributed by atoms with van der Waals surface area (Å²) in [6.07, 6.45) is 2.89. The van der Waals surface area contributed by atoms with Crippen molar-refractivity contribution in [1.82, 2.24) is 9.97 Å². The molecule has 0 bridgehead atoms. The molecule has 1 atom stereocenters. The average Bonchev–Trinajstić information content (AvgIpc) is 2.90. The molecular formula is C14H12ClN3O3S. The maximum absolute atomic E-state index is 11.9. The molecule has 0 saturated carbocycles. The topological polar surface area (TPSA) is 80.2 Å². The first-order valence-corrected chi connectivity index (χ1v) is 8.94. The van der Waals surface area contributed by atoms with Gasteiger partial charge in [0.25, 0.3) is 0 Å². The molecule has 8 heteroatoms. The third-order valence-corrected chi connectivity index (χ3v) is 5.34. The molecule has 1 aromatic heterocycles. The normalized spacial score (nSPS) is 18.7. The first kappa shape index (κ1) is 14.9. The van der Waals surface area contributed by atoms with Crippen LogP contribution in [-0.4, -0.2) is 36.1 Å². The molecule has 1 amide bonds. The van der Waals surface area contributed by atoms with Crippen LogP contribution in [0, 0.1) is 0 Å². The SMILES string of the molecule is O=C1CC(S(=O)(=O)Cl)CN1c1cnc(-c2ccccc2)cn1. The van der Waals surface area contributed by atoms with Crippen molar-refractivity contribution >= 4 is 31.5 Å². The fourth-order valence-corrected chi connectivity index (χ4v) is 3.33. The van der Waals surface area contributed by atoms with Crippen molar-refractivity contribution in [3.8, 4) is 11.3 Å². The van der Waals surface area contributed by atoms with Gasteiger partial charge >= 0.3 is 0 Å². The lowest BCUT2D eigenvalue weighted by Gasteiger charge is -2.14. The molecule has 2 aromatic rings. The number of carbonyl (C=O) groups excluding carboxylic acids is 1. The molecule has 0 N–H and O–H groups in total. The van der Waals surface area contributed by atoms with E-state index in [0.29, 0.717) is 11.5 Å². The molecule has 3 rings (SSSR count). The lowest BCUT2D eigenvalue weighted by atomic mass is 10.2. The molecule has 114 valence electrons. The minimum absolute atomic E-state index is 0.00400. The standard InChI is InChI=1S/C14H12ClN3O3S/c15-22(20,21)11-6-14(19)18(9-11)13-8-16-12(7-17-13)10-4-2-1-3-5-10/h1-5,7-8,11H,6,9H2. The van der Waals surface area contributed by atoms with Gasteiger partial charge < -0.3 is 0 Å². The molecule has 1 saturated heterocycles. The number of amides is 1. The van der Waals surface area contributed by atoms with Crippen LogP contribution in [0.15, 0.2) is 42.7 Å². The Morgan fingerprint density at radius 1 is 1.14 bits per heavy atom. The van der Waals surface area contributed by atoms with E-state index in [4.69, 9.17) is 10.7 Å². The quantitative estimate of drug-likeness (QED) is 0.798. The Bertz CT molecular complexity index is 794. The van der Waals surface area contributed by atoms with Crippen LogP contribution in [-0.2, 0) is 13.8 Å². The van der Waals surface area contributed by atoms with Gasteiger partial charge in [0.05, 0.1) is 18.1 Å². The van der Waals surface area contributed by atoms with Crippen LogP contribution in [0.4, 0.5) is 5.82 Å². The van der Waals surface area contributed by atoms with E-state index >= 15 is 0 Å². The van der Waals surface area contributed by atoms with E-state index in [1.807, 2.05) is 30.3 Å². The van der Waals surface area contributed by atoms with E-state index in [1.165, 1.54) is 11.1 Å². The number of hydrogen-bond acceptors (Lipinski definition) is 5. The molecule has 1 aromatic carbocycles. The average molecular weight is 338 g/mol. The minimum atomic E-state index is -3.77. The molecule has 1 aliphatic rings. The Labute approximate surface area is 132 Å². The smallest absolute Gasteiger partial charge is 0.237 e. The second kappa shape index (κ2) is 5.66. The van der Waals surface area contributed by atoms with E-state index < -0.39 is 14.3 Å². The van der Waals surface area contributed by atoms with Crippen molar-refractivity contribution in [2.75, 3.05) is 11.4 Å². The van der Waals surface area contributed by atoms with E-state index in [9.17, 15) is 13.2 Å². The Kier molecular flexibility index (Phi) is 3.84. The van der Waals surface area contributed by atoms with Gasteiger partial charge in [0.15, 0.2) is 5.82 Å². The van der Waals surface area contributed by atoms with Crippen LogP contribution in [0.25, 0.3) is 11.3 Å². The second-order valence-corrected chi connectivity index (χ2v) is 7.84. The minimum Gasteiger partial charge on any atom is -0.294 e. The van der Waals surface area contributed by atoms with Crippen molar-refractivity contribution in [2.24, 2.45) is 0 Å². The number of hydrogen-bond donors (Lipinski definition) is 0. The van der Waals surface area contributed by atoms with Crippen LogP contribution < -0.4 is 4.90 Å². The van der Waals surface area contributed by atoms with Crippen LogP contribution in [0.5, 0.6) is 0 Å². The summed E-state index contributed by atoms with van der Waals surface area (Å²) in [5.74, 6) is 0.00323. The molecule has 1 unspecified atom stereocenters. The van der Waals surface area contributed by atoms with Crippen molar-refractivity contribution in [2.45, 2.75) is 11.7 Å². The number of aromatic nitrogens is 2. The number of anilines is 1. The van der Waals surface area contributed by atoms with Crippen molar-refractivity contribution in [3.05, 3.63) is 42.7 Å². The lowest BCUT2D eigenvalue weighted by molar-refractivity contribution is -0.117. The highest BCUT2D eigenvalue weighted by Crippen LogP contribution is 2.26. The van der Waals surface area contributed by atoms with Crippen molar-refractivity contribution in [3.63, 3.8) is 0 Å². The fraction of sp³-hybridized carbons (Fsp3) is 0.214. The summed E-state index contributed by atoms with van der Waals surface area (Å²) in [4.78, 5) is 21.7. The summed E-state index contributed by atoms with van der Waals surface area (Å²) in [7, 11) is 1.55. The molecule has 0 aliphatic carbocycles. The summed E-state index contributed by atoms with van der Waals surface area (Å²) in [6.45, 7) is 0.00400. The summed E-state index contributed by atoms with van der Waals surface area (Å²) in [5.41, 5.74) is 1.59. The first-order valence-electron chi connectivity index (χ1n) is 6.56. The Morgan fingerprint density at radius 3 is 2.41 bits per heavy atom. The Hall–Kier alpha value is -1.99. The molecule has 22 heavy (non-hydrogen) atoms. The number of nitrogens with zero attached hydrogens (tertiary/aromatic N) is 3. The number of carbonyl (C=O) groups is 1. The summed E-state index contributed by atoms with van der Waals surface area (Å²) in [5, 5.41) is -0.905. The van der Waals surface area contributed by atoms with E-state index in [-0.39, 0.29) is 18.9 Å². The molecule has 2 heterocycles. The number of benzene rings is 1. The van der Waals surface area contributed by atoms with Gasteiger partial charge in [0, 0.05) is 29.2 Å². The van der Waals surface area contributed by atoms with Crippen molar-refractivity contribution < 1.29 is 13.2 Å². The largest absolute Gasteiger partial charge is 0.294 e. The van der Waals surface area contributed by atoms with Gasteiger partial charge in [-0.3, -0.25) is 14.7 Å². The number of rotatable bonds is 3. The maximum atomic E-state index is 11.9. The molecule has 0 spiro atoms. The Balaban J connectivity index is 1.83. The molecular weight excluding hydrogens is 326 g/mol. The zero-order valence-corrected chi connectivity index (χ0v) is 13.0. The van der Waals surface area contributed by atoms with Gasteiger partial charge in [-0.05, 0) is 0 Å². The van der Waals surface area contributed by atoms with Crippen LogP contribution in [0.1, 0.15) is 6.42 Å². The maximum Gasteiger partial charge on any atom is 0.237 e. The highest BCUT2D eigenvalue weighted by molar-refractivity contribution is 8.14. The molecule has 0 radical (unpaired) electrons. The van der Waals surface area contributed by atoms with Gasteiger partial charge in [-0.25, -0.2) is 13.4 Å². The summed E-state index contributed by atoms with van der Waals surface area (Å²) >= 11 is 0. The third-order valence-electron chi connectivity index (χ3n) is 3.47. The molecule has 6 nitrogen and oxygen atoms in total. The van der Waals surface area contributed by atoms with Crippen LogP contribution in [0.2, 0.25) is 0 Å². The van der Waals surface area contributed by atoms with E-state index in [2.05, 4.69) is 9.97 Å². The summed E-state index contributed by atoms with van der Waals surface area (Å²) < 4.78 is 22.7. The number of halogens is 1. The molecule has 1 aliphatic heterocycles. The van der Waals surface area contributed by atoms with Crippen LogP contribution in [0.3, 0.4) is 0 Å². The Morgan fingerprint density at radius 2 is 1.86 bits per heavy atom. The van der Waals surface area contributed by atoms with E-state index in [0.717, 1.165) is 5.56 Å². The van der Waals surface area contributed by atoms with Gasteiger partial charge in [-0.2, -0.15) is 0 Å². The van der Waals surface area contributed by atoms with E-state index in [1.54, 1.807) is 6.20 Å². The predicted molar refractivity (Wildman–Crippen MR) is 83.0 cm³/mol. The zero-order valence-electron chi connectivity index (χ0n) is 11.4. The lowest BCUT2D eigenvalue weighted by Crippen LogP contribution is -2.27.